The smallest absolute Gasteiger partial charge is 0.256 e. The lowest BCUT2D eigenvalue weighted by Gasteiger charge is -2.13. The molecule has 3 aromatic rings. The highest BCUT2D eigenvalue weighted by Crippen LogP contribution is 2.36. The van der Waals surface area contributed by atoms with E-state index in [1.54, 1.807) is 18.2 Å². The number of halogens is 2. The predicted octanol–water partition coefficient (Wildman–Crippen LogP) is 2.48. The number of aromatic nitrogens is 3. The minimum atomic E-state index is -0.322. The number of nitrogens with two attached hydrogens (primary N) is 1. The molecule has 4 bridgehead atoms. The zero-order chi connectivity index (χ0) is 17.6. The zero-order valence-corrected chi connectivity index (χ0v) is 14.2. The molecule has 10 heteroatoms. The van der Waals surface area contributed by atoms with Gasteiger partial charge in [-0.15, -0.1) is 0 Å². The second-order valence-corrected chi connectivity index (χ2v) is 6.17. The fourth-order valence-electron chi connectivity index (χ4n) is 2.50. The molecule has 0 saturated carbocycles. The highest BCUT2D eigenvalue weighted by atomic mass is 35.5. The fraction of sp³-hybridized carbons (Fsp3) is 0.133. The van der Waals surface area contributed by atoms with Crippen LogP contribution in [0.1, 0.15) is 10.4 Å². The number of carbonyl (C=O) groups is 1. The Morgan fingerprint density at radius 2 is 2.08 bits per heavy atom. The van der Waals surface area contributed by atoms with Gasteiger partial charge in [0.2, 0.25) is 0 Å². The van der Waals surface area contributed by atoms with Gasteiger partial charge in [0.15, 0.2) is 5.65 Å². The number of nitrogens with one attached hydrogen (secondary N) is 2. The summed E-state index contributed by atoms with van der Waals surface area (Å²) in [5.74, 6) is 0.855. The van der Waals surface area contributed by atoms with Crippen LogP contribution < -0.4 is 21.1 Å². The van der Waals surface area contributed by atoms with Crippen LogP contribution in [0.3, 0.4) is 0 Å². The standard InChI is InChI=1S/C15H12Cl2N6O2/c16-8-3-9(17)11-4-10(8)21-13-5-12(18)23-14(22-13)7(6-20-23)15(24)19-1-2-25-11/h3-6H,1-2,18H2,(H,19,24)(H,21,22). The summed E-state index contributed by atoms with van der Waals surface area (Å²) in [4.78, 5) is 16.8. The number of benzene rings is 1. The van der Waals surface area contributed by atoms with Gasteiger partial charge in [0.05, 0.1) is 28.5 Å². The molecule has 0 fully saturated rings. The lowest BCUT2D eigenvalue weighted by molar-refractivity contribution is 0.0948. The molecule has 1 aliphatic rings. The molecule has 0 atom stereocenters. The van der Waals surface area contributed by atoms with Crippen molar-refractivity contribution in [2.45, 2.75) is 0 Å². The van der Waals surface area contributed by atoms with Crippen LogP contribution in [0, 0.1) is 0 Å². The Morgan fingerprint density at radius 3 is 2.92 bits per heavy atom. The molecule has 8 nitrogen and oxygen atoms in total. The summed E-state index contributed by atoms with van der Waals surface area (Å²) < 4.78 is 7.01. The van der Waals surface area contributed by atoms with Gasteiger partial charge in [0.25, 0.3) is 5.91 Å². The predicted molar refractivity (Wildman–Crippen MR) is 95.0 cm³/mol. The average molecular weight is 379 g/mol. The molecule has 4 rings (SSSR count). The van der Waals surface area contributed by atoms with E-state index in [9.17, 15) is 4.79 Å². The van der Waals surface area contributed by atoms with Crippen LogP contribution in [0.5, 0.6) is 5.75 Å². The third-order valence-electron chi connectivity index (χ3n) is 3.67. The van der Waals surface area contributed by atoms with Gasteiger partial charge < -0.3 is 21.1 Å². The minimum absolute atomic E-state index is 0.240. The first-order valence-electron chi connectivity index (χ1n) is 7.34. The van der Waals surface area contributed by atoms with Crippen molar-refractivity contribution < 1.29 is 9.53 Å². The number of carbonyl (C=O) groups excluding carboxylic acids is 1. The SMILES string of the molecule is Nc1cc2nc3c(cnn13)C(=O)NCCOc1cc(c(Cl)cc1Cl)N2. The zero-order valence-electron chi connectivity index (χ0n) is 12.7. The lowest BCUT2D eigenvalue weighted by atomic mass is 10.3. The highest BCUT2D eigenvalue weighted by molar-refractivity contribution is 6.37. The summed E-state index contributed by atoms with van der Waals surface area (Å²) in [6.45, 7) is 0.525. The van der Waals surface area contributed by atoms with E-state index in [2.05, 4.69) is 20.7 Å². The third kappa shape index (κ3) is 2.79. The molecule has 1 aromatic carbocycles. The fourth-order valence-corrected chi connectivity index (χ4v) is 2.99. The molecule has 1 amide bonds. The lowest BCUT2D eigenvalue weighted by Crippen LogP contribution is -2.28. The molecule has 25 heavy (non-hydrogen) atoms. The Balaban J connectivity index is 1.90. The summed E-state index contributed by atoms with van der Waals surface area (Å²) >= 11 is 12.4. The van der Waals surface area contributed by atoms with Crippen molar-refractivity contribution in [2.75, 3.05) is 24.2 Å². The van der Waals surface area contributed by atoms with E-state index in [0.717, 1.165) is 0 Å². The molecule has 0 spiro atoms. The third-order valence-corrected chi connectivity index (χ3v) is 4.28. The molecule has 3 heterocycles. The molecule has 2 aromatic heterocycles. The maximum Gasteiger partial charge on any atom is 0.256 e. The van der Waals surface area contributed by atoms with Crippen LogP contribution in [0.2, 0.25) is 10.0 Å². The summed E-state index contributed by atoms with van der Waals surface area (Å²) in [7, 11) is 0. The van der Waals surface area contributed by atoms with Crippen molar-refractivity contribution in [2.24, 2.45) is 0 Å². The van der Waals surface area contributed by atoms with Crippen LogP contribution in [0.15, 0.2) is 24.4 Å². The minimum Gasteiger partial charge on any atom is -0.490 e. The Hall–Kier alpha value is -2.71. The first kappa shape index (κ1) is 15.8. The largest absolute Gasteiger partial charge is 0.490 e. The molecule has 128 valence electrons. The maximum absolute atomic E-state index is 12.3. The van der Waals surface area contributed by atoms with Crippen LogP contribution in [0.25, 0.3) is 5.65 Å². The van der Waals surface area contributed by atoms with Gasteiger partial charge in [-0.2, -0.15) is 9.61 Å². The van der Waals surface area contributed by atoms with Gasteiger partial charge in [-0.1, -0.05) is 23.2 Å². The van der Waals surface area contributed by atoms with Crippen LogP contribution in [-0.2, 0) is 0 Å². The molecule has 0 radical (unpaired) electrons. The Bertz CT molecular complexity index is 1000. The molecule has 0 aliphatic carbocycles. The molecule has 1 aliphatic heterocycles. The molecular weight excluding hydrogens is 367 g/mol. The van der Waals surface area contributed by atoms with Crippen molar-refractivity contribution in [3.63, 3.8) is 0 Å². The highest BCUT2D eigenvalue weighted by Gasteiger charge is 2.18. The second kappa shape index (κ2) is 5.98. The van der Waals surface area contributed by atoms with Crippen molar-refractivity contribution in [1.29, 1.82) is 0 Å². The maximum atomic E-state index is 12.3. The number of ether oxygens (including phenoxy) is 1. The van der Waals surface area contributed by atoms with Crippen molar-refractivity contribution in [3.05, 3.63) is 40.0 Å². The number of fused-ring (bicyclic) bond motifs is 3. The van der Waals surface area contributed by atoms with Gasteiger partial charge >= 0.3 is 0 Å². The Labute approximate surface area is 151 Å². The monoisotopic (exact) mass is 378 g/mol. The molecule has 0 unspecified atom stereocenters. The van der Waals surface area contributed by atoms with Gasteiger partial charge in [0, 0.05) is 12.1 Å². The number of hydrogen-bond acceptors (Lipinski definition) is 6. The van der Waals surface area contributed by atoms with E-state index in [0.29, 0.717) is 44.3 Å². The van der Waals surface area contributed by atoms with Crippen LogP contribution in [0.4, 0.5) is 17.3 Å². The summed E-state index contributed by atoms with van der Waals surface area (Å²) in [5, 5.41) is 10.7. The number of nitrogen functional groups attached to an aromatic ring is 1. The molecule has 4 N–H and O–H groups in total. The summed E-state index contributed by atoms with van der Waals surface area (Å²) in [5.41, 5.74) is 7.21. The van der Waals surface area contributed by atoms with Crippen LogP contribution >= 0.6 is 23.2 Å². The Kier molecular flexibility index (Phi) is 3.78. The first-order chi connectivity index (χ1) is 12.0. The van der Waals surface area contributed by atoms with E-state index >= 15 is 0 Å². The Morgan fingerprint density at radius 1 is 1.24 bits per heavy atom. The molecule has 0 saturated heterocycles. The van der Waals surface area contributed by atoms with E-state index < -0.39 is 0 Å². The summed E-state index contributed by atoms with van der Waals surface area (Å²) in [6, 6.07) is 4.83. The quantitative estimate of drug-likeness (QED) is 0.554. The average Bonchev–Trinajstić information content (AvgIpc) is 2.99. The van der Waals surface area contributed by atoms with Crippen molar-refractivity contribution >= 4 is 52.1 Å². The van der Waals surface area contributed by atoms with E-state index in [-0.39, 0.29) is 19.1 Å². The second-order valence-electron chi connectivity index (χ2n) is 5.35. The van der Waals surface area contributed by atoms with Gasteiger partial charge in [-0.25, -0.2) is 4.98 Å². The number of nitrogens with zero attached hydrogens (tertiary/aromatic N) is 3. The number of amides is 1. The number of rotatable bonds is 0. The molecular formula is C15H12Cl2N6O2. The normalized spacial score (nSPS) is 14.1. The summed E-state index contributed by atoms with van der Waals surface area (Å²) in [6.07, 6.45) is 1.42. The van der Waals surface area contributed by atoms with Crippen molar-refractivity contribution in [3.8, 4) is 5.75 Å². The van der Waals surface area contributed by atoms with E-state index in [1.807, 2.05) is 0 Å². The topological polar surface area (TPSA) is 107 Å². The van der Waals surface area contributed by atoms with Gasteiger partial charge in [0.1, 0.15) is 29.6 Å². The van der Waals surface area contributed by atoms with E-state index in [1.165, 1.54) is 10.7 Å². The van der Waals surface area contributed by atoms with Gasteiger partial charge in [-0.3, -0.25) is 4.79 Å². The first-order valence-corrected chi connectivity index (χ1v) is 8.10. The van der Waals surface area contributed by atoms with Crippen molar-refractivity contribution in [1.82, 2.24) is 19.9 Å². The number of hydrogen-bond donors (Lipinski definition) is 3. The van der Waals surface area contributed by atoms with Crippen LogP contribution in [-0.4, -0.2) is 33.7 Å². The number of anilines is 3. The van der Waals surface area contributed by atoms with Gasteiger partial charge in [-0.05, 0) is 6.07 Å². The van der Waals surface area contributed by atoms with E-state index in [4.69, 9.17) is 33.7 Å².